The summed E-state index contributed by atoms with van der Waals surface area (Å²) in [7, 11) is 0. The van der Waals surface area contributed by atoms with Gasteiger partial charge in [0.05, 0.1) is 17.2 Å². The molecule has 1 aliphatic rings. The zero-order valence-electron chi connectivity index (χ0n) is 20.9. The van der Waals surface area contributed by atoms with Gasteiger partial charge in [0.15, 0.2) is 0 Å². The monoisotopic (exact) mass is 490 g/mol. The first kappa shape index (κ1) is 24.3. The summed E-state index contributed by atoms with van der Waals surface area (Å²) in [6.07, 6.45) is 0. The molecule has 6 heteroatoms. The van der Waals surface area contributed by atoms with Crippen LogP contribution in [0.3, 0.4) is 0 Å². The third-order valence-electron chi connectivity index (χ3n) is 6.68. The van der Waals surface area contributed by atoms with E-state index in [0.717, 1.165) is 27.8 Å². The lowest BCUT2D eigenvalue weighted by molar-refractivity contribution is -0.384. The molecule has 1 N–H and O–H groups in total. The Hall–Kier alpha value is -4.42. The molecule has 0 amide bonds. The molecule has 0 bridgehead atoms. The van der Waals surface area contributed by atoms with Crippen LogP contribution in [0.5, 0.6) is 0 Å². The Kier molecular flexibility index (Phi) is 6.05. The Bertz CT molecular complexity index is 1560. The second-order valence-corrected chi connectivity index (χ2v) is 10.2. The number of aliphatic hydroxyl groups excluding tert-OH is 1. The molecule has 184 valence electrons. The van der Waals surface area contributed by atoms with E-state index in [-0.39, 0.29) is 29.2 Å². The summed E-state index contributed by atoms with van der Waals surface area (Å²) in [6, 6.07) is 25.4. The summed E-state index contributed by atoms with van der Waals surface area (Å²) in [6.45, 7) is 6.34. The van der Waals surface area contributed by atoms with E-state index >= 15 is 0 Å². The number of benzene rings is 4. The Morgan fingerprint density at radius 1 is 0.784 bits per heavy atom. The lowest BCUT2D eigenvalue weighted by atomic mass is 9.81. The molecule has 4 aromatic carbocycles. The number of nitro groups is 1. The molecular formula is C31H26N2O4. The minimum absolute atomic E-state index is 0.0192. The van der Waals surface area contributed by atoms with Gasteiger partial charge in [0, 0.05) is 23.3 Å². The number of nitrogens with zero attached hydrogens (tertiary/aromatic N) is 2. The molecule has 0 radical (unpaired) electrons. The van der Waals surface area contributed by atoms with Crippen LogP contribution in [0.4, 0.5) is 11.4 Å². The van der Waals surface area contributed by atoms with Crippen LogP contribution in [0.2, 0.25) is 0 Å². The first-order valence-corrected chi connectivity index (χ1v) is 12.0. The lowest BCUT2D eigenvalue weighted by Crippen LogP contribution is -2.22. The fourth-order valence-electron chi connectivity index (χ4n) is 4.55. The first-order chi connectivity index (χ1) is 17.7. The number of ketones is 1. The molecule has 0 unspecified atom stereocenters. The largest absolute Gasteiger partial charge is 0.392 e. The summed E-state index contributed by atoms with van der Waals surface area (Å²) >= 11 is 0. The summed E-state index contributed by atoms with van der Waals surface area (Å²) in [4.78, 5) is 29.5. The number of non-ortho nitro benzene ring substituents is 1. The van der Waals surface area contributed by atoms with Crippen LogP contribution in [0.1, 0.15) is 47.8 Å². The van der Waals surface area contributed by atoms with E-state index in [2.05, 4.69) is 25.8 Å². The molecule has 0 atom stereocenters. The highest BCUT2D eigenvalue weighted by Crippen LogP contribution is 2.39. The minimum atomic E-state index is -0.463. The van der Waals surface area contributed by atoms with Crippen molar-refractivity contribution in [3.63, 3.8) is 0 Å². The van der Waals surface area contributed by atoms with Crippen molar-refractivity contribution in [2.75, 3.05) is 0 Å². The molecule has 0 aromatic heterocycles. The molecule has 5 rings (SSSR count). The van der Waals surface area contributed by atoms with Gasteiger partial charge in [-0.1, -0.05) is 63.2 Å². The van der Waals surface area contributed by atoms with Gasteiger partial charge in [-0.2, -0.15) is 0 Å². The van der Waals surface area contributed by atoms with E-state index < -0.39 is 4.92 Å². The predicted octanol–water partition coefficient (Wildman–Crippen LogP) is 7.04. The highest BCUT2D eigenvalue weighted by Gasteiger charge is 2.31. The molecule has 0 aliphatic heterocycles. The minimum Gasteiger partial charge on any atom is -0.392 e. The summed E-state index contributed by atoms with van der Waals surface area (Å²) in [5, 5.41) is 20.9. The van der Waals surface area contributed by atoms with Gasteiger partial charge >= 0.3 is 0 Å². The second-order valence-electron chi connectivity index (χ2n) is 10.2. The van der Waals surface area contributed by atoms with Crippen molar-refractivity contribution in [1.29, 1.82) is 0 Å². The van der Waals surface area contributed by atoms with Gasteiger partial charge in [0.1, 0.15) is 5.71 Å². The SMILES string of the molecule is CC(C)(C)c1ccc(/N=C2/C(=O)c3ccc(-c4ccc(CO)cc4)cc3-c3ccc([N+](=O)[O-])cc32)cc1. The number of aliphatic hydroxyl groups is 1. The zero-order chi connectivity index (χ0) is 26.3. The summed E-state index contributed by atoms with van der Waals surface area (Å²) in [5.41, 5.74) is 6.86. The van der Waals surface area contributed by atoms with Crippen LogP contribution in [-0.2, 0) is 12.0 Å². The molecule has 37 heavy (non-hydrogen) atoms. The molecular weight excluding hydrogens is 464 g/mol. The fraction of sp³-hybridized carbons (Fsp3) is 0.161. The number of rotatable bonds is 4. The van der Waals surface area contributed by atoms with Crippen molar-refractivity contribution >= 4 is 22.9 Å². The number of fused-ring (bicyclic) bond motifs is 3. The van der Waals surface area contributed by atoms with Gasteiger partial charge in [0.25, 0.3) is 5.69 Å². The van der Waals surface area contributed by atoms with Crippen molar-refractivity contribution in [2.45, 2.75) is 32.8 Å². The van der Waals surface area contributed by atoms with Crippen molar-refractivity contribution in [2.24, 2.45) is 4.99 Å². The normalized spacial score (nSPS) is 13.8. The van der Waals surface area contributed by atoms with Crippen molar-refractivity contribution in [3.05, 3.63) is 117 Å². The van der Waals surface area contributed by atoms with Crippen LogP contribution < -0.4 is 0 Å². The molecule has 6 nitrogen and oxygen atoms in total. The smallest absolute Gasteiger partial charge is 0.270 e. The third-order valence-corrected chi connectivity index (χ3v) is 6.68. The predicted molar refractivity (Wildman–Crippen MR) is 146 cm³/mol. The number of hydrogen-bond donors (Lipinski definition) is 1. The average Bonchev–Trinajstić information content (AvgIpc) is 2.90. The van der Waals surface area contributed by atoms with Crippen LogP contribution in [0.15, 0.2) is 89.9 Å². The molecule has 0 fully saturated rings. The van der Waals surface area contributed by atoms with Crippen LogP contribution in [0, 0.1) is 10.1 Å². The third kappa shape index (κ3) is 4.59. The Balaban J connectivity index is 1.65. The molecule has 0 saturated carbocycles. The average molecular weight is 491 g/mol. The highest BCUT2D eigenvalue weighted by molar-refractivity contribution is 6.55. The van der Waals surface area contributed by atoms with E-state index in [4.69, 9.17) is 0 Å². The summed E-state index contributed by atoms with van der Waals surface area (Å²) < 4.78 is 0. The molecule has 0 saturated heterocycles. The maximum atomic E-state index is 13.7. The van der Waals surface area contributed by atoms with Crippen LogP contribution in [0.25, 0.3) is 22.3 Å². The molecule has 0 spiro atoms. The Morgan fingerprint density at radius 2 is 1.43 bits per heavy atom. The number of nitro benzene ring substituents is 1. The van der Waals surface area contributed by atoms with E-state index in [1.807, 2.05) is 60.7 Å². The van der Waals surface area contributed by atoms with E-state index in [1.54, 1.807) is 12.1 Å². The maximum absolute atomic E-state index is 13.7. The number of Topliss-reactive ketones (excluding diaryl/α,β-unsaturated/α-hetero) is 1. The number of carbonyl (C=O) groups excluding carboxylic acids is 1. The highest BCUT2D eigenvalue weighted by atomic mass is 16.6. The first-order valence-electron chi connectivity index (χ1n) is 12.0. The Morgan fingerprint density at radius 3 is 2.05 bits per heavy atom. The number of carbonyl (C=O) groups is 1. The van der Waals surface area contributed by atoms with Crippen molar-refractivity contribution < 1.29 is 14.8 Å². The van der Waals surface area contributed by atoms with Gasteiger partial charge in [0.2, 0.25) is 5.78 Å². The standard InChI is InChI=1S/C31H26N2O4/c1-31(2,3)22-9-11-23(12-10-22)32-29-28-17-24(33(36)37)13-15-25(28)27-16-21(8-14-26(27)30(29)35)20-6-4-19(18-34)5-7-20/h4-17,34H,18H2,1-3H3/b32-29+. The van der Waals surface area contributed by atoms with Gasteiger partial charge < -0.3 is 5.11 Å². The van der Waals surface area contributed by atoms with Gasteiger partial charge in [-0.05, 0) is 69.1 Å². The van der Waals surface area contributed by atoms with Gasteiger partial charge in [-0.25, -0.2) is 4.99 Å². The molecule has 1 aliphatic carbocycles. The number of aliphatic imine (C=N–C) groups is 1. The molecule has 0 heterocycles. The van der Waals surface area contributed by atoms with E-state index in [1.165, 1.54) is 12.1 Å². The van der Waals surface area contributed by atoms with Crippen LogP contribution in [-0.4, -0.2) is 21.5 Å². The quantitative estimate of drug-likeness (QED) is 0.245. The fourth-order valence-corrected chi connectivity index (χ4v) is 4.55. The van der Waals surface area contributed by atoms with Gasteiger partial charge in [-0.15, -0.1) is 0 Å². The second kappa shape index (κ2) is 9.22. The van der Waals surface area contributed by atoms with Crippen LogP contribution >= 0.6 is 0 Å². The Labute approximate surface area is 215 Å². The maximum Gasteiger partial charge on any atom is 0.270 e. The zero-order valence-corrected chi connectivity index (χ0v) is 20.9. The van der Waals surface area contributed by atoms with Crippen molar-refractivity contribution in [1.82, 2.24) is 0 Å². The van der Waals surface area contributed by atoms with Gasteiger partial charge in [-0.3, -0.25) is 14.9 Å². The topological polar surface area (TPSA) is 92.8 Å². The van der Waals surface area contributed by atoms with Crippen molar-refractivity contribution in [3.8, 4) is 22.3 Å². The van der Waals surface area contributed by atoms with E-state index in [0.29, 0.717) is 22.4 Å². The molecule has 4 aromatic rings. The summed E-state index contributed by atoms with van der Waals surface area (Å²) in [5.74, 6) is -0.273. The number of hydrogen-bond acceptors (Lipinski definition) is 5. The van der Waals surface area contributed by atoms with E-state index in [9.17, 15) is 20.0 Å². The lowest BCUT2D eigenvalue weighted by Gasteiger charge is -2.22.